The number of hydrogen-bond acceptors (Lipinski definition) is 6. The van der Waals surface area contributed by atoms with Crippen molar-refractivity contribution in [1.29, 1.82) is 0 Å². The number of benzene rings is 1. The van der Waals surface area contributed by atoms with Crippen LogP contribution in [0.4, 0.5) is 5.95 Å². The molecule has 1 aliphatic carbocycles. The van der Waals surface area contributed by atoms with Crippen molar-refractivity contribution in [2.75, 3.05) is 31.9 Å². The van der Waals surface area contributed by atoms with Crippen molar-refractivity contribution >= 4 is 28.7 Å². The van der Waals surface area contributed by atoms with Crippen LogP contribution < -0.4 is 5.73 Å². The van der Waals surface area contributed by atoms with Gasteiger partial charge in [0.25, 0.3) is 5.91 Å². The summed E-state index contributed by atoms with van der Waals surface area (Å²) in [4.78, 5) is 38.2. The minimum absolute atomic E-state index is 0.0758. The summed E-state index contributed by atoms with van der Waals surface area (Å²) < 4.78 is 1.83. The zero-order chi connectivity index (χ0) is 28.1. The molecule has 2 fully saturated rings. The van der Waals surface area contributed by atoms with Crippen LogP contribution in [0.1, 0.15) is 67.3 Å². The Balaban J connectivity index is 1.42. The first-order valence-corrected chi connectivity index (χ1v) is 13.9. The Hall–Kier alpha value is -4.34. The predicted octanol–water partition coefficient (Wildman–Crippen LogP) is 3.14. The number of aromatic nitrogens is 3. The number of carbonyl (C=O) groups is 2. The molecule has 40 heavy (non-hydrogen) atoms. The number of nitrogens with two attached hydrogens (primary N) is 1. The Labute approximate surface area is 234 Å². The fourth-order valence-electron chi connectivity index (χ4n) is 5.44. The highest BCUT2D eigenvalue weighted by atomic mass is 16.3. The second-order valence-corrected chi connectivity index (χ2v) is 10.5. The lowest BCUT2D eigenvalue weighted by molar-refractivity contribution is -0.132. The van der Waals surface area contributed by atoms with E-state index in [0.717, 1.165) is 35.7 Å². The molecule has 0 unspecified atom stereocenters. The van der Waals surface area contributed by atoms with Gasteiger partial charge in [-0.15, -0.1) is 12.3 Å². The average Bonchev–Trinajstić information content (AvgIpc) is 3.35. The third-order valence-electron chi connectivity index (χ3n) is 7.69. The van der Waals surface area contributed by atoms with Crippen LogP contribution in [0.5, 0.6) is 0 Å². The number of terminal acetylenes is 1. The first kappa shape index (κ1) is 27.2. The fourth-order valence-corrected chi connectivity index (χ4v) is 5.44. The van der Waals surface area contributed by atoms with Gasteiger partial charge in [0.2, 0.25) is 11.9 Å². The van der Waals surface area contributed by atoms with E-state index in [4.69, 9.17) is 12.2 Å². The zero-order valence-corrected chi connectivity index (χ0v) is 22.6. The quantitative estimate of drug-likeness (QED) is 0.381. The Kier molecular flexibility index (Phi) is 8.04. The van der Waals surface area contributed by atoms with Crippen molar-refractivity contribution < 1.29 is 14.7 Å². The summed E-state index contributed by atoms with van der Waals surface area (Å²) >= 11 is 0. The number of aliphatic hydroxyl groups is 1. The Morgan fingerprint density at radius 3 is 2.55 bits per heavy atom. The third kappa shape index (κ3) is 5.95. The second kappa shape index (κ2) is 11.8. The lowest BCUT2D eigenvalue weighted by Crippen LogP contribution is -2.50. The highest BCUT2D eigenvalue weighted by Crippen LogP contribution is 2.29. The van der Waals surface area contributed by atoms with Gasteiger partial charge in [-0.05, 0) is 50.3 Å². The van der Waals surface area contributed by atoms with Gasteiger partial charge in [0.1, 0.15) is 11.4 Å². The molecule has 2 amide bonds. The largest absolute Gasteiger partial charge is 0.378 e. The normalized spacial score (nSPS) is 16.7. The minimum atomic E-state index is -0.956. The second-order valence-electron chi connectivity index (χ2n) is 10.5. The molecule has 0 radical (unpaired) electrons. The van der Waals surface area contributed by atoms with Gasteiger partial charge in [-0.2, -0.15) is 4.98 Å². The lowest BCUT2D eigenvalue weighted by Gasteiger charge is -2.34. The summed E-state index contributed by atoms with van der Waals surface area (Å²) in [6, 6.07) is 7.42. The fraction of sp³-hybridized carbons (Fsp3) is 0.419. The van der Waals surface area contributed by atoms with E-state index in [-0.39, 0.29) is 17.8 Å². The molecule has 9 heteroatoms. The van der Waals surface area contributed by atoms with E-state index in [0.29, 0.717) is 69.7 Å². The summed E-state index contributed by atoms with van der Waals surface area (Å²) in [5.41, 5.74) is 6.94. The number of nitrogen functional groups attached to an aromatic ring is 1. The lowest BCUT2D eigenvalue weighted by atomic mass is 9.85. The number of rotatable bonds is 5. The summed E-state index contributed by atoms with van der Waals surface area (Å²) in [7, 11) is 0. The van der Waals surface area contributed by atoms with Crippen LogP contribution in [-0.4, -0.2) is 73.0 Å². The number of fused-ring (bicyclic) bond motifs is 1. The molecular formula is C31H34N6O3. The summed E-state index contributed by atoms with van der Waals surface area (Å²) in [6.07, 6.45) is 14.8. The van der Waals surface area contributed by atoms with Gasteiger partial charge in [0.05, 0.1) is 11.1 Å². The molecule has 206 valence electrons. The van der Waals surface area contributed by atoms with E-state index in [2.05, 4.69) is 27.7 Å². The van der Waals surface area contributed by atoms with Gasteiger partial charge in [-0.25, -0.2) is 4.98 Å². The molecule has 3 N–H and O–H groups in total. The van der Waals surface area contributed by atoms with Crippen molar-refractivity contribution in [1.82, 2.24) is 24.3 Å². The van der Waals surface area contributed by atoms with E-state index in [9.17, 15) is 14.7 Å². The number of piperazine rings is 1. The molecule has 0 bridgehead atoms. The van der Waals surface area contributed by atoms with Gasteiger partial charge in [-0.3, -0.25) is 9.59 Å². The molecule has 2 aromatic heterocycles. The molecular weight excluding hydrogens is 504 g/mol. The maximum atomic E-state index is 13.7. The summed E-state index contributed by atoms with van der Waals surface area (Å²) in [5.74, 6) is 9.45. The van der Waals surface area contributed by atoms with E-state index in [1.165, 1.54) is 0 Å². The number of anilines is 1. The number of hydrogen-bond donors (Lipinski definition) is 2. The molecule has 5 rings (SSSR count). The number of nitrogens with zero attached hydrogens (tertiary/aromatic N) is 5. The van der Waals surface area contributed by atoms with Crippen molar-refractivity contribution in [3.63, 3.8) is 0 Å². The van der Waals surface area contributed by atoms with Crippen LogP contribution in [0.15, 0.2) is 36.7 Å². The maximum absolute atomic E-state index is 13.7. The molecule has 0 atom stereocenters. The van der Waals surface area contributed by atoms with Gasteiger partial charge in [0, 0.05) is 62.4 Å². The van der Waals surface area contributed by atoms with Crippen molar-refractivity contribution in [2.24, 2.45) is 0 Å². The topological polar surface area (TPSA) is 118 Å². The van der Waals surface area contributed by atoms with E-state index < -0.39 is 5.60 Å². The SMILES string of the molecule is C#CCCCC(=O)N1CCN(C(=O)c2cn(-c3ccnc(N)n3)c3cc(C#CC4(O)CCCCC4)ccc23)CC1. The molecule has 1 aromatic carbocycles. The van der Waals surface area contributed by atoms with E-state index in [1.54, 1.807) is 28.3 Å². The minimum Gasteiger partial charge on any atom is -0.378 e. The molecule has 2 aliphatic rings. The van der Waals surface area contributed by atoms with Gasteiger partial charge >= 0.3 is 0 Å². The van der Waals surface area contributed by atoms with Gasteiger partial charge < -0.3 is 25.2 Å². The third-order valence-corrected chi connectivity index (χ3v) is 7.69. The number of carbonyl (C=O) groups excluding carboxylic acids is 2. The van der Waals surface area contributed by atoms with Crippen LogP contribution in [0.3, 0.4) is 0 Å². The van der Waals surface area contributed by atoms with Crippen molar-refractivity contribution in [3.8, 4) is 30.0 Å². The van der Waals surface area contributed by atoms with Crippen LogP contribution in [0, 0.1) is 24.2 Å². The monoisotopic (exact) mass is 538 g/mol. The molecule has 1 saturated carbocycles. The number of amides is 2. The standard InChI is InChI=1S/C31H34N6O3/c1-2-3-5-8-28(38)35-17-19-36(20-18-35)29(39)25-22-37(27-12-16-33-30(32)34-27)26-21-23(9-10-24(25)26)11-15-31(40)13-6-4-7-14-31/h1,9-10,12,16,21-22,40H,3-8,13-14,17-20H2,(H2,32,33,34). The van der Waals surface area contributed by atoms with Gasteiger partial charge in [0.15, 0.2) is 0 Å². The van der Waals surface area contributed by atoms with Crippen LogP contribution >= 0.6 is 0 Å². The van der Waals surface area contributed by atoms with Crippen LogP contribution in [0.2, 0.25) is 0 Å². The van der Waals surface area contributed by atoms with E-state index >= 15 is 0 Å². The Bertz CT molecular complexity index is 1510. The molecule has 0 spiro atoms. The van der Waals surface area contributed by atoms with Crippen LogP contribution in [-0.2, 0) is 4.79 Å². The predicted molar refractivity (Wildman–Crippen MR) is 153 cm³/mol. The van der Waals surface area contributed by atoms with Crippen LogP contribution in [0.25, 0.3) is 16.7 Å². The highest BCUT2D eigenvalue weighted by molar-refractivity contribution is 6.07. The number of unbranched alkanes of at least 4 members (excludes halogenated alkanes) is 1. The molecule has 9 nitrogen and oxygen atoms in total. The molecule has 3 heterocycles. The Morgan fingerprint density at radius 1 is 1.07 bits per heavy atom. The van der Waals surface area contributed by atoms with Crippen molar-refractivity contribution in [2.45, 2.75) is 57.0 Å². The highest BCUT2D eigenvalue weighted by Gasteiger charge is 2.28. The first-order valence-electron chi connectivity index (χ1n) is 13.9. The summed E-state index contributed by atoms with van der Waals surface area (Å²) in [5, 5.41) is 11.6. The first-order chi connectivity index (χ1) is 19.4. The Morgan fingerprint density at radius 2 is 1.82 bits per heavy atom. The summed E-state index contributed by atoms with van der Waals surface area (Å²) in [6.45, 7) is 1.89. The smallest absolute Gasteiger partial charge is 0.256 e. The van der Waals surface area contributed by atoms with Crippen molar-refractivity contribution in [3.05, 3.63) is 47.8 Å². The zero-order valence-electron chi connectivity index (χ0n) is 22.6. The molecule has 1 aliphatic heterocycles. The molecule has 1 saturated heterocycles. The average molecular weight is 539 g/mol. The van der Waals surface area contributed by atoms with Gasteiger partial charge in [-0.1, -0.05) is 24.3 Å². The maximum Gasteiger partial charge on any atom is 0.256 e. The van der Waals surface area contributed by atoms with E-state index in [1.807, 2.05) is 22.8 Å². The molecule has 3 aromatic rings.